The second-order valence-corrected chi connectivity index (χ2v) is 18.8. The van der Waals surface area contributed by atoms with Crippen molar-refractivity contribution in [3.63, 3.8) is 0 Å². The van der Waals surface area contributed by atoms with Gasteiger partial charge in [0.15, 0.2) is 0 Å². The van der Waals surface area contributed by atoms with E-state index < -0.39 is 0 Å². The van der Waals surface area contributed by atoms with Gasteiger partial charge in [-0.25, -0.2) is 0 Å². The predicted molar refractivity (Wildman–Crippen MR) is 316 cm³/mol. The van der Waals surface area contributed by atoms with E-state index >= 15 is 0 Å². The Balaban J connectivity index is 0.864. The average molecular weight is 943 g/mol. The normalized spacial score (nSPS) is 11.2. The van der Waals surface area contributed by atoms with E-state index in [2.05, 4.69) is 313 Å². The zero-order valence-corrected chi connectivity index (χ0v) is 40.8. The van der Waals surface area contributed by atoms with Crippen molar-refractivity contribution in [2.24, 2.45) is 0 Å². The molecule has 0 unspecified atom stereocenters. The van der Waals surface area contributed by atoms with E-state index in [1.165, 1.54) is 76.8 Å². The van der Waals surface area contributed by atoms with E-state index in [4.69, 9.17) is 0 Å². The first-order valence-electron chi connectivity index (χ1n) is 25.4. The number of fused-ring (bicyclic) bond motifs is 3. The first kappa shape index (κ1) is 44.2. The molecule has 13 rings (SSSR count). The molecular weight excluding hydrogens is 893 g/mol. The second kappa shape index (κ2) is 19.4. The molecule has 0 aromatic heterocycles. The van der Waals surface area contributed by atoms with E-state index in [1.807, 2.05) is 0 Å². The number of rotatable bonds is 11. The smallest absolute Gasteiger partial charge is 0.0462 e. The molecule has 348 valence electrons. The summed E-state index contributed by atoms with van der Waals surface area (Å²) >= 11 is 0. The van der Waals surface area contributed by atoms with Gasteiger partial charge in [0.05, 0.1) is 0 Å². The lowest BCUT2D eigenvalue weighted by molar-refractivity contribution is 1.28. The SMILES string of the molecule is c1ccc(-c2c3ccccc3c(-c3ccc(N(c4ccc(-c5ccc(-c6cccc7ccccc67)cc5)cc4)c4ccc(-c5ccc(N(c6ccccc6)c6ccccc6)cc5)cc4)cc3)c3ccccc23)cc1. The van der Waals surface area contributed by atoms with E-state index in [0.717, 1.165) is 45.3 Å². The molecule has 0 saturated carbocycles. The van der Waals surface area contributed by atoms with Gasteiger partial charge in [0, 0.05) is 34.1 Å². The Kier molecular flexibility index (Phi) is 11.6. The summed E-state index contributed by atoms with van der Waals surface area (Å²) in [5.74, 6) is 0. The number of nitrogens with zero attached hydrogens (tertiary/aromatic N) is 2. The topological polar surface area (TPSA) is 6.48 Å². The number of anilines is 6. The van der Waals surface area contributed by atoms with Crippen molar-refractivity contribution in [1.82, 2.24) is 0 Å². The molecule has 0 N–H and O–H groups in total. The van der Waals surface area contributed by atoms with Crippen molar-refractivity contribution in [2.45, 2.75) is 0 Å². The lowest BCUT2D eigenvalue weighted by atomic mass is 9.86. The minimum absolute atomic E-state index is 1.08. The van der Waals surface area contributed by atoms with Gasteiger partial charge in [0.25, 0.3) is 0 Å². The third kappa shape index (κ3) is 8.35. The second-order valence-electron chi connectivity index (χ2n) is 18.8. The van der Waals surface area contributed by atoms with Crippen molar-refractivity contribution >= 4 is 66.4 Å². The standard InChI is InChI=1S/C72H50N2/c1-4-18-57(19-5-1)71-67-26-12-14-28-69(67)72(70-29-15-13-27-68(70)71)58-41-49-64(50-42-58)74(62-45-35-52(36-46-62)51-31-33-56(34-32-51)66-30-16-20-55-17-10-11-25-65(55)66)63-47-39-54(40-48-63)53-37-43-61(44-38-53)73(59-21-6-2-7-22-59)60-23-8-3-9-24-60/h1-50H. The van der Waals surface area contributed by atoms with Crippen LogP contribution in [0.2, 0.25) is 0 Å². The van der Waals surface area contributed by atoms with Crippen LogP contribution in [-0.4, -0.2) is 0 Å². The molecular formula is C72H50N2. The van der Waals surface area contributed by atoms with Gasteiger partial charge in [-0.15, -0.1) is 0 Å². The van der Waals surface area contributed by atoms with E-state index in [9.17, 15) is 0 Å². The summed E-state index contributed by atoms with van der Waals surface area (Å²) in [6, 6.07) is 110. The fourth-order valence-electron chi connectivity index (χ4n) is 10.9. The third-order valence-corrected chi connectivity index (χ3v) is 14.5. The first-order valence-corrected chi connectivity index (χ1v) is 25.4. The van der Waals surface area contributed by atoms with Crippen LogP contribution in [0.25, 0.3) is 88.0 Å². The van der Waals surface area contributed by atoms with Crippen molar-refractivity contribution in [3.05, 3.63) is 303 Å². The summed E-state index contributed by atoms with van der Waals surface area (Å²) < 4.78 is 0. The number of hydrogen-bond acceptors (Lipinski definition) is 2. The van der Waals surface area contributed by atoms with Gasteiger partial charge in [-0.05, 0) is 161 Å². The summed E-state index contributed by atoms with van der Waals surface area (Å²) in [7, 11) is 0. The molecule has 0 saturated heterocycles. The molecule has 0 spiro atoms. The summed E-state index contributed by atoms with van der Waals surface area (Å²) in [5.41, 5.74) is 18.6. The zero-order chi connectivity index (χ0) is 49.2. The quantitative estimate of drug-likeness (QED) is 0.119. The summed E-state index contributed by atoms with van der Waals surface area (Å²) in [6.07, 6.45) is 0. The molecule has 0 aliphatic rings. The van der Waals surface area contributed by atoms with Gasteiger partial charge in [-0.2, -0.15) is 0 Å². The summed E-state index contributed by atoms with van der Waals surface area (Å²) in [5, 5.41) is 7.50. The van der Waals surface area contributed by atoms with Gasteiger partial charge >= 0.3 is 0 Å². The van der Waals surface area contributed by atoms with Crippen LogP contribution in [0.3, 0.4) is 0 Å². The van der Waals surface area contributed by atoms with Crippen LogP contribution in [-0.2, 0) is 0 Å². The van der Waals surface area contributed by atoms with Crippen molar-refractivity contribution in [3.8, 4) is 55.6 Å². The molecule has 2 nitrogen and oxygen atoms in total. The molecule has 0 aliphatic heterocycles. The molecule has 0 bridgehead atoms. The van der Waals surface area contributed by atoms with Crippen molar-refractivity contribution in [2.75, 3.05) is 9.80 Å². The maximum atomic E-state index is 2.37. The Bertz CT molecular complexity index is 3960. The molecule has 13 aromatic rings. The fraction of sp³-hybridized carbons (Fsp3) is 0. The van der Waals surface area contributed by atoms with E-state index in [-0.39, 0.29) is 0 Å². The Labute approximate surface area is 433 Å². The minimum atomic E-state index is 1.08. The molecule has 0 fully saturated rings. The molecule has 0 radical (unpaired) electrons. The van der Waals surface area contributed by atoms with Gasteiger partial charge in [-0.1, -0.05) is 231 Å². The Hall–Kier alpha value is -9.76. The van der Waals surface area contributed by atoms with Crippen molar-refractivity contribution in [1.29, 1.82) is 0 Å². The van der Waals surface area contributed by atoms with E-state index in [1.54, 1.807) is 0 Å². The van der Waals surface area contributed by atoms with Crippen LogP contribution in [0.15, 0.2) is 303 Å². The minimum Gasteiger partial charge on any atom is -0.311 e. The van der Waals surface area contributed by atoms with Gasteiger partial charge in [0.1, 0.15) is 0 Å². The average Bonchev–Trinajstić information content (AvgIpc) is 3.48. The highest BCUT2D eigenvalue weighted by molar-refractivity contribution is 6.21. The predicted octanol–water partition coefficient (Wildman–Crippen LogP) is 20.4. The van der Waals surface area contributed by atoms with Crippen molar-refractivity contribution < 1.29 is 0 Å². The van der Waals surface area contributed by atoms with Gasteiger partial charge in [-0.3, -0.25) is 0 Å². The summed E-state index contributed by atoms with van der Waals surface area (Å²) in [6.45, 7) is 0. The molecule has 0 amide bonds. The maximum Gasteiger partial charge on any atom is 0.0462 e. The highest BCUT2D eigenvalue weighted by atomic mass is 15.1. The largest absolute Gasteiger partial charge is 0.311 e. The van der Waals surface area contributed by atoms with Crippen LogP contribution in [0.5, 0.6) is 0 Å². The molecule has 13 aromatic carbocycles. The molecule has 0 atom stereocenters. The molecule has 2 heteroatoms. The van der Waals surface area contributed by atoms with Gasteiger partial charge in [0.2, 0.25) is 0 Å². The Morgan fingerprint density at radius 2 is 0.432 bits per heavy atom. The summed E-state index contributed by atoms with van der Waals surface area (Å²) in [4.78, 5) is 4.67. The Morgan fingerprint density at radius 3 is 0.838 bits per heavy atom. The van der Waals surface area contributed by atoms with Crippen LogP contribution >= 0.6 is 0 Å². The number of benzene rings is 13. The highest BCUT2D eigenvalue weighted by Gasteiger charge is 2.19. The molecule has 74 heavy (non-hydrogen) atoms. The molecule has 0 heterocycles. The van der Waals surface area contributed by atoms with Crippen LogP contribution in [0.4, 0.5) is 34.1 Å². The maximum absolute atomic E-state index is 2.37. The van der Waals surface area contributed by atoms with Gasteiger partial charge < -0.3 is 9.80 Å². The number of para-hydroxylation sites is 2. The van der Waals surface area contributed by atoms with Crippen LogP contribution < -0.4 is 9.80 Å². The highest BCUT2D eigenvalue weighted by Crippen LogP contribution is 2.45. The lowest BCUT2D eigenvalue weighted by Crippen LogP contribution is -2.10. The van der Waals surface area contributed by atoms with E-state index in [0.29, 0.717) is 0 Å². The third-order valence-electron chi connectivity index (χ3n) is 14.5. The first-order chi connectivity index (χ1) is 36.7. The van der Waals surface area contributed by atoms with Crippen LogP contribution in [0, 0.1) is 0 Å². The zero-order valence-electron chi connectivity index (χ0n) is 40.8. The Morgan fingerprint density at radius 1 is 0.162 bits per heavy atom. The monoisotopic (exact) mass is 942 g/mol. The number of hydrogen-bond donors (Lipinski definition) is 0. The lowest BCUT2D eigenvalue weighted by Gasteiger charge is -2.26. The fourth-order valence-corrected chi connectivity index (χ4v) is 10.9. The molecule has 0 aliphatic carbocycles. The van der Waals surface area contributed by atoms with Crippen LogP contribution in [0.1, 0.15) is 0 Å².